The molecule has 1 atom stereocenters. The highest BCUT2D eigenvalue weighted by Gasteiger charge is 2.17. The van der Waals surface area contributed by atoms with Crippen LogP contribution >= 0.6 is 11.8 Å². The van der Waals surface area contributed by atoms with Gasteiger partial charge in [0.25, 0.3) is 0 Å². The van der Waals surface area contributed by atoms with Crippen LogP contribution in [0.2, 0.25) is 0 Å². The summed E-state index contributed by atoms with van der Waals surface area (Å²) in [4.78, 5) is 11.8. The molecule has 2 heteroatoms. The number of carbonyl (C=O) groups is 1. The first kappa shape index (κ1) is 7.87. The highest BCUT2D eigenvalue weighted by molar-refractivity contribution is 8.00. The van der Waals surface area contributed by atoms with E-state index < -0.39 is 0 Å². The Balaban J connectivity index is 2.28. The van der Waals surface area contributed by atoms with Gasteiger partial charge in [-0.1, -0.05) is 18.2 Å². The molecule has 1 aliphatic rings. The Labute approximate surface area is 76.2 Å². The Kier molecular flexibility index (Phi) is 2.17. The van der Waals surface area contributed by atoms with Crippen LogP contribution in [-0.4, -0.2) is 11.5 Å². The summed E-state index contributed by atoms with van der Waals surface area (Å²) in [6.45, 7) is 0. The Morgan fingerprint density at radius 2 is 2.25 bits per heavy atom. The molecule has 1 unspecified atom stereocenters. The van der Waals surface area contributed by atoms with Crippen LogP contribution in [0.15, 0.2) is 29.2 Å². The Morgan fingerprint density at radius 1 is 1.42 bits per heavy atom. The van der Waals surface area contributed by atoms with E-state index in [2.05, 4.69) is 18.2 Å². The molecule has 0 amide bonds. The number of fused-ring (bicyclic) bond motifs is 1. The number of hydrogen-bond acceptors (Lipinski definition) is 2. The average Bonchev–Trinajstić information content (AvgIpc) is 2.17. The minimum Gasteiger partial charge on any atom is -0.302 e. The molecular formula is C10H10OS. The van der Waals surface area contributed by atoms with E-state index in [1.54, 1.807) is 11.8 Å². The third-order valence-corrected chi connectivity index (χ3v) is 3.40. The van der Waals surface area contributed by atoms with Gasteiger partial charge >= 0.3 is 0 Å². The number of aldehydes is 1. The third kappa shape index (κ3) is 1.39. The molecule has 0 spiro atoms. The topological polar surface area (TPSA) is 17.1 Å². The van der Waals surface area contributed by atoms with Gasteiger partial charge in [-0.25, -0.2) is 0 Å². The first-order chi connectivity index (χ1) is 5.90. The molecule has 1 nitrogen and oxygen atoms in total. The zero-order valence-electron chi connectivity index (χ0n) is 6.69. The second-order valence-electron chi connectivity index (χ2n) is 2.94. The zero-order chi connectivity index (χ0) is 8.39. The van der Waals surface area contributed by atoms with E-state index in [4.69, 9.17) is 0 Å². The average molecular weight is 178 g/mol. The van der Waals surface area contributed by atoms with Gasteiger partial charge in [-0.15, -0.1) is 11.8 Å². The maximum absolute atomic E-state index is 10.5. The summed E-state index contributed by atoms with van der Waals surface area (Å²) in [6, 6.07) is 8.32. The summed E-state index contributed by atoms with van der Waals surface area (Å²) >= 11 is 1.69. The van der Waals surface area contributed by atoms with Gasteiger partial charge in [-0.3, -0.25) is 0 Å². The number of aryl methyl sites for hydroxylation is 1. The van der Waals surface area contributed by atoms with Crippen molar-refractivity contribution in [1.82, 2.24) is 0 Å². The first-order valence-electron chi connectivity index (χ1n) is 4.10. The van der Waals surface area contributed by atoms with Crippen LogP contribution < -0.4 is 0 Å². The predicted octanol–water partition coefficient (Wildman–Crippen LogP) is 2.29. The van der Waals surface area contributed by atoms with Crippen molar-refractivity contribution in [3.8, 4) is 0 Å². The van der Waals surface area contributed by atoms with Crippen LogP contribution in [-0.2, 0) is 11.2 Å². The van der Waals surface area contributed by atoms with Gasteiger partial charge in [-0.05, 0) is 24.5 Å². The standard InChI is InChI=1S/C10H10OS/c11-7-9-6-5-8-3-1-2-4-10(8)12-9/h1-4,7,9H,5-6H2. The molecule has 1 heterocycles. The van der Waals surface area contributed by atoms with E-state index in [0.717, 1.165) is 19.1 Å². The van der Waals surface area contributed by atoms with Crippen LogP contribution in [0.1, 0.15) is 12.0 Å². The largest absolute Gasteiger partial charge is 0.302 e. The lowest BCUT2D eigenvalue weighted by atomic mass is 10.1. The van der Waals surface area contributed by atoms with Crippen molar-refractivity contribution in [3.05, 3.63) is 29.8 Å². The van der Waals surface area contributed by atoms with Gasteiger partial charge in [0.2, 0.25) is 0 Å². The Bertz CT molecular complexity index is 296. The minimum atomic E-state index is 0.180. The molecule has 0 radical (unpaired) electrons. The predicted molar refractivity (Wildman–Crippen MR) is 50.5 cm³/mol. The molecule has 0 saturated heterocycles. The van der Waals surface area contributed by atoms with Gasteiger partial charge in [0.1, 0.15) is 6.29 Å². The van der Waals surface area contributed by atoms with E-state index >= 15 is 0 Å². The van der Waals surface area contributed by atoms with Crippen molar-refractivity contribution in [2.75, 3.05) is 0 Å². The van der Waals surface area contributed by atoms with Crippen LogP contribution in [0.4, 0.5) is 0 Å². The fraction of sp³-hybridized carbons (Fsp3) is 0.300. The molecule has 1 aromatic rings. The third-order valence-electron chi connectivity index (χ3n) is 2.10. The molecule has 2 rings (SSSR count). The van der Waals surface area contributed by atoms with E-state index in [9.17, 15) is 4.79 Å². The zero-order valence-corrected chi connectivity index (χ0v) is 7.51. The molecule has 0 bridgehead atoms. The van der Waals surface area contributed by atoms with Gasteiger partial charge in [-0.2, -0.15) is 0 Å². The van der Waals surface area contributed by atoms with Crippen LogP contribution in [0, 0.1) is 0 Å². The summed E-state index contributed by atoms with van der Waals surface area (Å²) in [5.74, 6) is 0. The van der Waals surface area contributed by atoms with Crippen LogP contribution in [0.25, 0.3) is 0 Å². The van der Waals surface area contributed by atoms with Gasteiger partial charge in [0.05, 0.1) is 5.25 Å². The maximum atomic E-state index is 10.5. The molecule has 0 saturated carbocycles. The Morgan fingerprint density at radius 3 is 3.08 bits per heavy atom. The van der Waals surface area contributed by atoms with Crippen molar-refractivity contribution in [3.63, 3.8) is 0 Å². The maximum Gasteiger partial charge on any atom is 0.133 e. The monoisotopic (exact) mass is 178 g/mol. The van der Waals surface area contributed by atoms with E-state index in [0.29, 0.717) is 0 Å². The fourth-order valence-electron chi connectivity index (χ4n) is 1.44. The molecule has 0 N–H and O–H groups in total. The molecular weight excluding hydrogens is 168 g/mol. The van der Waals surface area contributed by atoms with Crippen molar-refractivity contribution in [2.45, 2.75) is 23.0 Å². The van der Waals surface area contributed by atoms with Crippen molar-refractivity contribution in [2.24, 2.45) is 0 Å². The van der Waals surface area contributed by atoms with Crippen molar-refractivity contribution >= 4 is 18.0 Å². The quantitative estimate of drug-likeness (QED) is 0.614. The van der Waals surface area contributed by atoms with Crippen molar-refractivity contribution < 1.29 is 4.79 Å². The van der Waals surface area contributed by atoms with Crippen LogP contribution in [0.3, 0.4) is 0 Å². The lowest BCUT2D eigenvalue weighted by molar-refractivity contribution is -0.107. The molecule has 1 aliphatic heterocycles. The van der Waals surface area contributed by atoms with E-state index in [1.807, 2.05) is 6.07 Å². The first-order valence-corrected chi connectivity index (χ1v) is 4.98. The number of rotatable bonds is 1. The molecule has 0 fully saturated rings. The Hall–Kier alpha value is -0.760. The second-order valence-corrected chi connectivity index (χ2v) is 4.22. The smallest absolute Gasteiger partial charge is 0.133 e. The normalized spacial score (nSPS) is 21.5. The molecule has 0 aromatic heterocycles. The number of benzene rings is 1. The summed E-state index contributed by atoms with van der Waals surface area (Å²) in [5.41, 5.74) is 1.39. The number of hydrogen-bond donors (Lipinski definition) is 0. The minimum absolute atomic E-state index is 0.180. The van der Waals surface area contributed by atoms with Gasteiger partial charge in [0, 0.05) is 4.90 Å². The lowest BCUT2D eigenvalue weighted by Gasteiger charge is -2.19. The SMILES string of the molecule is O=CC1CCc2ccccc2S1. The summed E-state index contributed by atoms with van der Waals surface area (Å²) in [7, 11) is 0. The lowest BCUT2D eigenvalue weighted by Crippen LogP contribution is -2.11. The van der Waals surface area contributed by atoms with Gasteiger partial charge in [0.15, 0.2) is 0 Å². The van der Waals surface area contributed by atoms with Gasteiger partial charge < -0.3 is 4.79 Å². The molecule has 1 aromatic carbocycles. The molecule has 62 valence electrons. The highest BCUT2D eigenvalue weighted by atomic mass is 32.2. The molecule has 12 heavy (non-hydrogen) atoms. The van der Waals surface area contributed by atoms with E-state index in [1.165, 1.54) is 10.5 Å². The fourth-order valence-corrected chi connectivity index (χ4v) is 2.54. The number of carbonyl (C=O) groups excluding carboxylic acids is 1. The number of thioether (sulfide) groups is 1. The van der Waals surface area contributed by atoms with E-state index in [-0.39, 0.29) is 5.25 Å². The summed E-state index contributed by atoms with van der Waals surface area (Å²) in [6.07, 6.45) is 3.10. The summed E-state index contributed by atoms with van der Waals surface area (Å²) in [5, 5.41) is 0.180. The van der Waals surface area contributed by atoms with Crippen LogP contribution in [0.5, 0.6) is 0 Å². The second kappa shape index (κ2) is 3.31. The van der Waals surface area contributed by atoms with Crippen molar-refractivity contribution in [1.29, 1.82) is 0 Å². The highest BCUT2D eigenvalue weighted by Crippen LogP contribution is 2.33. The molecule has 0 aliphatic carbocycles. The summed E-state index contributed by atoms with van der Waals surface area (Å²) < 4.78 is 0.